The van der Waals surface area contributed by atoms with Gasteiger partial charge in [-0.2, -0.15) is 0 Å². The number of carbonyl (C=O) groups is 2. The van der Waals surface area contributed by atoms with Gasteiger partial charge < -0.3 is 10.6 Å². The lowest BCUT2D eigenvalue weighted by molar-refractivity contribution is -0.149. The topological polar surface area (TPSA) is 58.2 Å². The molecule has 0 radical (unpaired) electrons. The molecule has 0 spiro atoms. The number of amides is 2. The maximum atomic E-state index is 13.3. The molecule has 4 fully saturated rings. The van der Waals surface area contributed by atoms with Crippen LogP contribution >= 0.6 is 0 Å². The molecular weight excluding hydrogens is 348 g/mol. The number of hydrogen-bond donors (Lipinski definition) is 2. The van der Waals surface area contributed by atoms with Crippen LogP contribution in [-0.2, 0) is 16.0 Å². The Morgan fingerprint density at radius 2 is 1.57 bits per heavy atom. The highest BCUT2D eigenvalue weighted by atomic mass is 16.2. The van der Waals surface area contributed by atoms with Gasteiger partial charge in [-0.05, 0) is 74.2 Å². The first-order valence-electron chi connectivity index (χ1n) is 11.1. The first kappa shape index (κ1) is 19.5. The molecule has 4 saturated carbocycles. The Morgan fingerprint density at radius 3 is 2.11 bits per heavy atom. The van der Waals surface area contributed by atoms with Gasteiger partial charge >= 0.3 is 0 Å². The molecule has 1 aromatic carbocycles. The van der Waals surface area contributed by atoms with E-state index in [-0.39, 0.29) is 23.1 Å². The third-order valence-corrected chi connectivity index (χ3v) is 7.31. The lowest BCUT2D eigenvalue weighted by atomic mass is 9.49. The molecule has 1 unspecified atom stereocenters. The Morgan fingerprint density at radius 1 is 1.00 bits per heavy atom. The molecular formula is C24H34N2O2. The molecule has 0 aliphatic heterocycles. The minimum absolute atomic E-state index is 0.0518. The molecule has 0 heterocycles. The predicted octanol–water partition coefficient (Wildman–Crippen LogP) is 3.70. The SMILES string of the molecule is CC(C)C(NC(=O)C12CC3CC(CC(C3)C1)C2)C(=O)NCCc1ccccc1. The predicted molar refractivity (Wildman–Crippen MR) is 111 cm³/mol. The van der Waals surface area contributed by atoms with Gasteiger partial charge in [-0.15, -0.1) is 0 Å². The Balaban J connectivity index is 1.35. The zero-order chi connectivity index (χ0) is 19.7. The van der Waals surface area contributed by atoms with E-state index in [0.717, 1.165) is 43.4 Å². The summed E-state index contributed by atoms with van der Waals surface area (Å²) in [5.74, 6) is 2.36. The highest BCUT2D eigenvalue weighted by Crippen LogP contribution is 2.60. The summed E-state index contributed by atoms with van der Waals surface area (Å²) in [6.45, 7) is 4.63. The van der Waals surface area contributed by atoms with Gasteiger partial charge in [-0.1, -0.05) is 44.2 Å². The molecule has 4 nitrogen and oxygen atoms in total. The fourth-order valence-corrected chi connectivity index (χ4v) is 6.30. The van der Waals surface area contributed by atoms with Crippen molar-refractivity contribution < 1.29 is 9.59 Å². The third-order valence-electron chi connectivity index (χ3n) is 7.31. The second-order valence-electron chi connectivity index (χ2n) is 9.92. The molecule has 4 aliphatic carbocycles. The first-order valence-corrected chi connectivity index (χ1v) is 11.1. The van der Waals surface area contributed by atoms with E-state index in [1.165, 1.54) is 24.8 Å². The number of nitrogens with one attached hydrogen (secondary N) is 2. The lowest BCUT2D eigenvalue weighted by Gasteiger charge is -2.55. The molecule has 5 rings (SSSR count). The van der Waals surface area contributed by atoms with Crippen molar-refractivity contribution >= 4 is 11.8 Å². The van der Waals surface area contributed by atoms with E-state index in [1.54, 1.807) is 0 Å². The number of carbonyl (C=O) groups excluding carboxylic acids is 2. The van der Waals surface area contributed by atoms with E-state index in [2.05, 4.69) is 22.8 Å². The maximum Gasteiger partial charge on any atom is 0.242 e. The van der Waals surface area contributed by atoms with Crippen molar-refractivity contribution in [2.75, 3.05) is 6.54 Å². The Kier molecular flexibility index (Phi) is 5.48. The van der Waals surface area contributed by atoms with E-state index in [0.29, 0.717) is 6.54 Å². The molecule has 4 heteroatoms. The Bertz CT molecular complexity index is 677. The minimum Gasteiger partial charge on any atom is -0.354 e. The van der Waals surface area contributed by atoms with E-state index in [1.807, 2.05) is 32.0 Å². The van der Waals surface area contributed by atoms with Crippen LogP contribution in [0.5, 0.6) is 0 Å². The van der Waals surface area contributed by atoms with Crippen molar-refractivity contribution in [3.8, 4) is 0 Å². The van der Waals surface area contributed by atoms with Gasteiger partial charge in [0.1, 0.15) is 6.04 Å². The van der Waals surface area contributed by atoms with Crippen LogP contribution in [0.1, 0.15) is 57.9 Å². The average Bonchev–Trinajstić information content (AvgIpc) is 2.65. The highest BCUT2D eigenvalue weighted by molar-refractivity contribution is 5.90. The van der Waals surface area contributed by atoms with Gasteiger partial charge in [-0.3, -0.25) is 9.59 Å². The summed E-state index contributed by atoms with van der Waals surface area (Å²) < 4.78 is 0. The fraction of sp³-hybridized carbons (Fsp3) is 0.667. The molecule has 1 atom stereocenters. The van der Waals surface area contributed by atoms with Crippen LogP contribution < -0.4 is 10.6 Å². The standard InChI is InChI=1S/C24H34N2O2/c1-16(2)21(22(27)25-9-8-17-6-4-3-5-7-17)26-23(28)24-13-18-10-19(14-24)12-20(11-18)15-24/h3-7,16,18-21H,8-15H2,1-2H3,(H,25,27)(H,26,28). The summed E-state index contributed by atoms with van der Waals surface area (Å²) in [6.07, 6.45) is 7.86. The summed E-state index contributed by atoms with van der Waals surface area (Å²) in [5, 5.41) is 6.21. The van der Waals surface area contributed by atoms with Crippen LogP contribution in [0.3, 0.4) is 0 Å². The molecule has 0 aromatic heterocycles. The lowest BCUT2D eigenvalue weighted by Crippen LogP contribution is -2.58. The second kappa shape index (κ2) is 7.88. The summed E-state index contributed by atoms with van der Waals surface area (Å²) in [7, 11) is 0. The van der Waals surface area contributed by atoms with Gasteiger partial charge in [0, 0.05) is 12.0 Å². The normalized spacial score (nSPS) is 31.6. The number of benzene rings is 1. The van der Waals surface area contributed by atoms with Crippen LogP contribution in [0.4, 0.5) is 0 Å². The van der Waals surface area contributed by atoms with Crippen molar-refractivity contribution in [3.63, 3.8) is 0 Å². The molecule has 28 heavy (non-hydrogen) atoms. The summed E-state index contributed by atoms with van der Waals surface area (Å²) in [6, 6.07) is 9.72. The van der Waals surface area contributed by atoms with Crippen molar-refractivity contribution in [2.45, 2.75) is 64.8 Å². The molecule has 152 valence electrons. The van der Waals surface area contributed by atoms with E-state index >= 15 is 0 Å². The van der Waals surface area contributed by atoms with Gasteiger partial charge in [-0.25, -0.2) is 0 Å². The van der Waals surface area contributed by atoms with E-state index < -0.39 is 6.04 Å². The van der Waals surface area contributed by atoms with E-state index in [4.69, 9.17) is 0 Å². The zero-order valence-corrected chi connectivity index (χ0v) is 17.2. The van der Waals surface area contributed by atoms with Crippen LogP contribution in [0.2, 0.25) is 0 Å². The first-order chi connectivity index (χ1) is 13.4. The summed E-state index contributed by atoms with van der Waals surface area (Å²) in [4.78, 5) is 26.1. The largest absolute Gasteiger partial charge is 0.354 e. The van der Waals surface area contributed by atoms with Gasteiger partial charge in [0.25, 0.3) is 0 Å². The van der Waals surface area contributed by atoms with Crippen LogP contribution in [-0.4, -0.2) is 24.4 Å². The van der Waals surface area contributed by atoms with Crippen molar-refractivity contribution in [3.05, 3.63) is 35.9 Å². The average molecular weight is 383 g/mol. The number of hydrogen-bond acceptors (Lipinski definition) is 2. The van der Waals surface area contributed by atoms with Crippen LogP contribution in [0, 0.1) is 29.1 Å². The minimum atomic E-state index is -0.448. The maximum absolute atomic E-state index is 13.3. The van der Waals surface area contributed by atoms with E-state index in [9.17, 15) is 9.59 Å². The number of rotatable bonds is 7. The second-order valence-corrected chi connectivity index (χ2v) is 9.92. The quantitative estimate of drug-likeness (QED) is 0.755. The van der Waals surface area contributed by atoms with Crippen molar-refractivity contribution in [1.82, 2.24) is 10.6 Å². The smallest absolute Gasteiger partial charge is 0.242 e. The van der Waals surface area contributed by atoms with Crippen LogP contribution in [0.25, 0.3) is 0 Å². The molecule has 4 bridgehead atoms. The fourth-order valence-electron chi connectivity index (χ4n) is 6.30. The monoisotopic (exact) mass is 382 g/mol. The molecule has 4 aliphatic rings. The van der Waals surface area contributed by atoms with Crippen molar-refractivity contribution in [1.29, 1.82) is 0 Å². The Labute approximate surface area is 168 Å². The molecule has 1 aromatic rings. The Hall–Kier alpha value is -1.84. The summed E-state index contributed by atoms with van der Waals surface area (Å²) >= 11 is 0. The molecule has 0 saturated heterocycles. The van der Waals surface area contributed by atoms with Crippen molar-refractivity contribution in [2.24, 2.45) is 29.1 Å². The van der Waals surface area contributed by atoms with Gasteiger partial charge in [0.2, 0.25) is 11.8 Å². The third kappa shape index (κ3) is 3.97. The highest BCUT2D eigenvalue weighted by Gasteiger charge is 2.55. The molecule has 2 amide bonds. The molecule has 2 N–H and O–H groups in total. The summed E-state index contributed by atoms with van der Waals surface area (Å²) in [5.41, 5.74) is 1.01. The van der Waals surface area contributed by atoms with Gasteiger partial charge in [0.05, 0.1) is 0 Å². The van der Waals surface area contributed by atoms with Crippen LogP contribution in [0.15, 0.2) is 30.3 Å². The van der Waals surface area contributed by atoms with Gasteiger partial charge in [0.15, 0.2) is 0 Å². The zero-order valence-electron chi connectivity index (χ0n) is 17.2.